The van der Waals surface area contributed by atoms with Crippen molar-refractivity contribution in [1.29, 1.82) is 0 Å². The minimum atomic E-state index is 0.198. The van der Waals surface area contributed by atoms with Crippen molar-refractivity contribution in [2.24, 2.45) is 7.05 Å². The zero-order valence-electron chi connectivity index (χ0n) is 11.0. The van der Waals surface area contributed by atoms with Gasteiger partial charge in [-0.25, -0.2) is 4.98 Å². The molecule has 0 unspecified atom stereocenters. The molecule has 0 saturated carbocycles. The Morgan fingerprint density at radius 3 is 2.71 bits per heavy atom. The lowest BCUT2D eigenvalue weighted by atomic mass is 10.3. The topological polar surface area (TPSA) is 81.7 Å². The fraction of sp³-hybridized carbons (Fsp3) is 0.167. The average molecular weight is 323 g/mol. The number of tetrazole rings is 1. The third kappa shape index (κ3) is 2.86. The van der Waals surface area contributed by atoms with Crippen LogP contribution >= 0.6 is 23.4 Å². The summed E-state index contributed by atoms with van der Waals surface area (Å²) in [5.74, 6) is 1.63. The number of rotatable bonds is 4. The lowest BCUT2D eigenvalue weighted by Crippen LogP contribution is -2.00. The van der Waals surface area contributed by atoms with Gasteiger partial charge >= 0.3 is 0 Å². The van der Waals surface area contributed by atoms with Gasteiger partial charge in [0.1, 0.15) is 16.7 Å². The number of phenols is 1. The first-order chi connectivity index (χ1) is 10.1. The quantitative estimate of drug-likeness (QED) is 0.740. The van der Waals surface area contributed by atoms with E-state index >= 15 is 0 Å². The normalized spacial score (nSPS) is 11.0. The number of aromatic hydroxyl groups is 1. The SMILES string of the molecule is Cn1c(Cl)cnc1CSc1nnnn1-c1ccc(O)cc1. The second-order valence-electron chi connectivity index (χ2n) is 4.23. The van der Waals surface area contributed by atoms with Crippen molar-refractivity contribution < 1.29 is 5.11 Å². The molecule has 0 aliphatic carbocycles. The summed E-state index contributed by atoms with van der Waals surface area (Å²) in [5.41, 5.74) is 0.776. The fourth-order valence-electron chi connectivity index (χ4n) is 1.71. The van der Waals surface area contributed by atoms with Crippen LogP contribution in [-0.4, -0.2) is 34.9 Å². The summed E-state index contributed by atoms with van der Waals surface area (Å²) in [6.45, 7) is 0. The van der Waals surface area contributed by atoms with Crippen molar-refractivity contribution >= 4 is 23.4 Å². The van der Waals surface area contributed by atoms with Crippen molar-refractivity contribution in [2.75, 3.05) is 0 Å². The molecule has 1 N–H and O–H groups in total. The maximum atomic E-state index is 9.32. The van der Waals surface area contributed by atoms with Crippen LogP contribution < -0.4 is 0 Å². The molecule has 0 atom stereocenters. The third-order valence-electron chi connectivity index (χ3n) is 2.89. The van der Waals surface area contributed by atoms with Crippen molar-refractivity contribution in [3.63, 3.8) is 0 Å². The summed E-state index contributed by atoms with van der Waals surface area (Å²) in [5, 5.41) is 22.2. The van der Waals surface area contributed by atoms with E-state index in [9.17, 15) is 5.11 Å². The molecule has 3 rings (SSSR count). The first-order valence-electron chi connectivity index (χ1n) is 6.02. The summed E-state index contributed by atoms with van der Waals surface area (Å²) in [7, 11) is 1.86. The van der Waals surface area contributed by atoms with Gasteiger partial charge in [0.05, 0.1) is 17.6 Å². The van der Waals surface area contributed by atoms with Crippen LogP contribution in [0.3, 0.4) is 0 Å². The van der Waals surface area contributed by atoms with Gasteiger partial charge in [0.2, 0.25) is 5.16 Å². The molecule has 2 heterocycles. The van der Waals surface area contributed by atoms with Crippen LogP contribution in [-0.2, 0) is 12.8 Å². The van der Waals surface area contributed by atoms with E-state index in [1.165, 1.54) is 11.8 Å². The maximum absolute atomic E-state index is 9.32. The summed E-state index contributed by atoms with van der Waals surface area (Å²) in [4.78, 5) is 4.23. The van der Waals surface area contributed by atoms with Crippen molar-refractivity contribution in [3.8, 4) is 11.4 Å². The summed E-state index contributed by atoms with van der Waals surface area (Å²) >= 11 is 7.41. The molecule has 0 bridgehead atoms. The molecular weight excluding hydrogens is 312 g/mol. The zero-order valence-corrected chi connectivity index (χ0v) is 12.6. The first kappa shape index (κ1) is 13.9. The number of thioether (sulfide) groups is 1. The van der Waals surface area contributed by atoms with Gasteiger partial charge in [0, 0.05) is 7.05 Å². The number of imidazole rings is 1. The van der Waals surface area contributed by atoms with Gasteiger partial charge < -0.3 is 9.67 Å². The van der Waals surface area contributed by atoms with E-state index in [1.54, 1.807) is 35.1 Å². The number of benzene rings is 1. The third-order valence-corrected chi connectivity index (χ3v) is 4.16. The Balaban J connectivity index is 1.80. The van der Waals surface area contributed by atoms with E-state index in [0.29, 0.717) is 16.1 Å². The number of hydrogen-bond acceptors (Lipinski definition) is 6. The van der Waals surface area contributed by atoms with Gasteiger partial charge in [-0.1, -0.05) is 23.4 Å². The van der Waals surface area contributed by atoms with Crippen LogP contribution in [0, 0.1) is 0 Å². The highest BCUT2D eigenvalue weighted by molar-refractivity contribution is 7.98. The molecule has 2 aromatic heterocycles. The van der Waals surface area contributed by atoms with E-state index in [2.05, 4.69) is 20.5 Å². The standard InChI is InChI=1S/C12H11ClN6OS/c1-18-10(13)6-14-11(18)7-21-12-15-16-17-19(12)8-2-4-9(20)5-3-8/h2-6,20H,7H2,1H3. The second-order valence-corrected chi connectivity index (χ2v) is 5.56. The van der Waals surface area contributed by atoms with Crippen LogP contribution in [0.25, 0.3) is 5.69 Å². The van der Waals surface area contributed by atoms with Gasteiger partial charge in [-0.15, -0.1) is 5.10 Å². The first-order valence-corrected chi connectivity index (χ1v) is 7.38. The Labute approximate surface area is 129 Å². The summed E-state index contributed by atoms with van der Waals surface area (Å²) in [6, 6.07) is 6.66. The molecule has 0 aliphatic heterocycles. The molecular formula is C12H11ClN6OS. The molecule has 1 aromatic carbocycles. The highest BCUT2D eigenvalue weighted by Gasteiger charge is 2.11. The highest BCUT2D eigenvalue weighted by Crippen LogP contribution is 2.23. The zero-order chi connectivity index (χ0) is 14.8. The maximum Gasteiger partial charge on any atom is 0.214 e. The average Bonchev–Trinajstić information content (AvgIpc) is 3.07. The van der Waals surface area contributed by atoms with E-state index < -0.39 is 0 Å². The molecule has 108 valence electrons. The highest BCUT2D eigenvalue weighted by atomic mass is 35.5. The van der Waals surface area contributed by atoms with Crippen molar-refractivity contribution in [2.45, 2.75) is 10.9 Å². The van der Waals surface area contributed by atoms with E-state index in [4.69, 9.17) is 11.6 Å². The molecule has 0 radical (unpaired) electrons. The predicted octanol–water partition coefficient (Wildman–Crippen LogP) is 2.05. The molecule has 0 fully saturated rings. The van der Waals surface area contributed by atoms with Crippen LogP contribution in [0.2, 0.25) is 5.15 Å². The van der Waals surface area contributed by atoms with Gasteiger partial charge in [0.25, 0.3) is 0 Å². The lowest BCUT2D eigenvalue weighted by Gasteiger charge is -2.04. The van der Waals surface area contributed by atoms with Crippen molar-refractivity contribution in [3.05, 3.63) is 41.4 Å². The molecule has 3 aromatic rings. The number of aromatic nitrogens is 6. The van der Waals surface area contributed by atoms with Crippen LogP contribution in [0.1, 0.15) is 5.82 Å². The van der Waals surface area contributed by atoms with Crippen molar-refractivity contribution in [1.82, 2.24) is 29.8 Å². The Morgan fingerprint density at radius 2 is 2.05 bits per heavy atom. The van der Waals surface area contributed by atoms with Gasteiger partial charge in [0.15, 0.2) is 0 Å². The Kier molecular flexibility index (Phi) is 3.80. The van der Waals surface area contributed by atoms with E-state index in [0.717, 1.165) is 11.5 Å². The Morgan fingerprint density at radius 1 is 1.29 bits per heavy atom. The van der Waals surface area contributed by atoms with Gasteiger partial charge in [-0.3, -0.25) is 0 Å². The minimum Gasteiger partial charge on any atom is -0.508 e. The minimum absolute atomic E-state index is 0.198. The number of nitrogens with zero attached hydrogens (tertiary/aromatic N) is 6. The number of hydrogen-bond donors (Lipinski definition) is 1. The molecule has 21 heavy (non-hydrogen) atoms. The van der Waals surface area contributed by atoms with Gasteiger partial charge in [-0.05, 0) is 34.7 Å². The van der Waals surface area contributed by atoms with E-state index in [1.807, 2.05) is 11.6 Å². The lowest BCUT2D eigenvalue weighted by molar-refractivity contribution is 0.475. The molecule has 0 amide bonds. The van der Waals surface area contributed by atoms with Crippen LogP contribution in [0.15, 0.2) is 35.6 Å². The number of halogens is 1. The Bertz CT molecular complexity index is 753. The molecule has 0 aliphatic rings. The Hall–Kier alpha value is -2.06. The number of phenolic OH excluding ortho intramolecular Hbond substituents is 1. The molecule has 7 nitrogen and oxygen atoms in total. The molecule has 0 spiro atoms. The fourth-order valence-corrected chi connectivity index (χ4v) is 2.74. The monoisotopic (exact) mass is 322 g/mol. The molecule has 9 heteroatoms. The predicted molar refractivity (Wildman–Crippen MR) is 78.6 cm³/mol. The van der Waals surface area contributed by atoms with Gasteiger partial charge in [-0.2, -0.15) is 4.68 Å². The van der Waals surface area contributed by atoms with Crippen LogP contribution in [0.5, 0.6) is 5.75 Å². The van der Waals surface area contributed by atoms with E-state index in [-0.39, 0.29) is 5.75 Å². The largest absolute Gasteiger partial charge is 0.508 e. The van der Waals surface area contributed by atoms with Crippen LogP contribution in [0.4, 0.5) is 0 Å². The molecule has 0 saturated heterocycles. The summed E-state index contributed by atoms with van der Waals surface area (Å²) < 4.78 is 3.41. The second kappa shape index (κ2) is 5.74. The smallest absolute Gasteiger partial charge is 0.214 e. The summed E-state index contributed by atoms with van der Waals surface area (Å²) in [6.07, 6.45) is 1.61.